The van der Waals surface area contributed by atoms with E-state index in [-0.39, 0.29) is 0 Å². The van der Waals surface area contributed by atoms with Crippen molar-refractivity contribution in [1.29, 1.82) is 0 Å². The molecule has 2 heteroatoms. The van der Waals surface area contributed by atoms with Crippen LogP contribution in [0.1, 0.15) is 44.6 Å². The van der Waals surface area contributed by atoms with Gasteiger partial charge in [0.15, 0.2) is 0 Å². The molecule has 0 radical (unpaired) electrons. The number of hydrogen-bond acceptors (Lipinski definition) is 2. The van der Waals surface area contributed by atoms with Gasteiger partial charge in [-0.15, -0.1) is 0 Å². The van der Waals surface area contributed by atoms with Crippen LogP contribution in [0.2, 0.25) is 0 Å². The summed E-state index contributed by atoms with van der Waals surface area (Å²) >= 11 is 0. The third kappa shape index (κ3) is 2.57. The second kappa shape index (κ2) is 5.92. The standard InChI is InChI=1S/C18H24N2/c1-3-10-19-17-9-7-16(13(17)2)14-6-8-18-15(12-14)5-4-11-20-18/h4-6,8,11-13,16-17,19H,3,7,9-10H2,1-2H3. The van der Waals surface area contributed by atoms with Gasteiger partial charge in [-0.1, -0.05) is 26.0 Å². The van der Waals surface area contributed by atoms with Crippen LogP contribution in [-0.4, -0.2) is 17.6 Å². The van der Waals surface area contributed by atoms with E-state index >= 15 is 0 Å². The molecule has 1 heterocycles. The van der Waals surface area contributed by atoms with Gasteiger partial charge in [-0.25, -0.2) is 0 Å². The Labute approximate surface area is 121 Å². The van der Waals surface area contributed by atoms with Crippen molar-refractivity contribution in [3.63, 3.8) is 0 Å². The molecule has 1 aromatic carbocycles. The number of fused-ring (bicyclic) bond motifs is 1. The zero-order valence-electron chi connectivity index (χ0n) is 12.5. The highest BCUT2D eigenvalue weighted by Gasteiger charge is 2.33. The molecule has 0 spiro atoms. The summed E-state index contributed by atoms with van der Waals surface area (Å²) in [4.78, 5) is 4.41. The number of benzene rings is 1. The molecule has 2 nitrogen and oxygen atoms in total. The van der Waals surface area contributed by atoms with Gasteiger partial charge in [-0.3, -0.25) is 4.98 Å². The van der Waals surface area contributed by atoms with Gasteiger partial charge in [-0.05, 0) is 61.4 Å². The first kappa shape index (κ1) is 13.6. The number of aromatic nitrogens is 1. The van der Waals surface area contributed by atoms with E-state index in [0.29, 0.717) is 12.0 Å². The lowest BCUT2D eigenvalue weighted by Gasteiger charge is -2.22. The predicted molar refractivity (Wildman–Crippen MR) is 85.0 cm³/mol. The molecule has 106 valence electrons. The third-order valence-electron chi connectivity index (χ3n) is 4.77. The minimum atomic E-state index is 0.685. The van der Waals surface area contributed by atoms with Crippen molar-refractivity contribution in [1.82, 2.24) is 10.3 Å². The Bertz CT molecular complexity index is 578. The topological polar surface area (TPSA) is 24.9 Å². The first-order valence-corrected chi connectivity index (χ1v) is 7.87. The lowest BCUT2D eigenvalue weighted by molar-refractivity contribution is 0.405. The van der Waals surface area contributed by atoms with Gasteiger partial charge in [0.2, 0.25) is 0 Å². The first-order chi connectivity index (χ1) is 9.79. The molecule has 0 bridgehead atoms. The van der Waals surface area contributed by atoms with Crippen LogP contribution >= 0.6 is 0 Å². The van der Waals surface area contributed by atoms with Crippen molar-refractivity contribution in [3.8, 4) is 0 Å². The zero-order valence-corrected chi connectivity index (χ0v) is 12.5. The Morgan fingerprint density at radius 3 is 3.00 bits per heavy atom. The smallest absolute Gasteiger partial charge is 0.0702 e. The van der Waals surface area contributed by atoms with Gasteiger partial charge < -0.3 is 5.32 Å². The monoisotopic (exact) mass is 268 g/mol. The van der Waals surface area contributed by atoms with Crippen molar-refractivity contribution >= 4 is 10.9 Å². The fourth-order valence-electron chi connectivity index (χ4n) is 3.58. The van der Waals surface area contributed by atoms with E-state index in [1.54, 1.807) is 0 Å². The first-order valence-electron chi connectivity index (χ1n) is 7.87. The van der Waals surface area contributed by atoms with Crippen LogP contribution in [0.5, 0.6) is 0 Å². The van der Waals surface area contributed by atoms with Crippen molar-refractivity contribution < 1.29 is 0 Å². The quantitative estimate of drug-likeness (QED) is 0.902. The van der Waals surface area contributed by atoms with Crippen LogP contribution in [0.4, 0.5) is 0 Å². The molecule has 1 N–H and O–H groups in total. The Morgan fingerprint density at radius 2 is 2.15 bits per heavy atom. The molecule has 0 amide bonds. The van der Waals surface area contributed by atoms with Gasteiger partial charge in [-0.2, -0.15) is 0 Å². The second-order valence-electron chi connectivity index (χ2n) is 6.06. The largest absolute Gasteiger partial charge is 0.314 e. The highest BCUT2D eigenvalue weighted by molar-refractivity contribution is 5.79. The average molecular weight is 268 g/mol. The van der Waals surface area contributed by atoms with Gasteiger partial charge in [0.1, 0.15) is 0 Å². The van der Waals surface area contributed by atoms with Crippen LogP contribution in [0.15, 0.2) is 36.5 Å². The molecule has 1 fully saturated rings. The molecule has 1 aliphatic carbocycles. The molecule has 3 atom stereocenters. The highest BCUT2D eigenvalue weighted by Crippen LogP contribution is 2.40. The fourth-order valence-corrected chi connectivity index (χ4v) is 3.58. The van der Waals surface area contributed by atoms with Gasteiger partial charge in [0, 0.05) is 17.6 Å². The van der Waals surface area contributed by atoms with Crippen molar-refractivity contribution in [2.75, 3.05) is 6.54 Å². The highest BCUT2D eigenvalue weighted by atomic mass is 14.9. The SMILES string of the molecule is CCCNC1CCC(c2ccc3ncccc3c2)C1C. The number of rotatable bonds is 4. The van der Waals surface area contributed by atoms with Gasteiger partial charge >= 0.3 is 0 Å². The lowest BCUT2D eigenvalue weighted by Crippen LogP contribution is -2.32. The van der Waals surface area contributed by atoms with E-state index in [4.69, 9.17) is 0 Å². The van der Waals surface area contributed by atoms with Crippen LogP contribution in [-0.2, 0) is 0 Å². The molecular formula is C18H24N2. The summed E-state index contributed by atoms with van der Waals surface area (Å²) in [5, 5.41) is 4.97. The van der Waals surface area contributed by atoms with E-state index in [9.17, 15) is 0 Å². The Hall–Kier alpha value is -1.41. The van der Waals surface area contributed by atoms with E-state index in [2.05, 4.69) is 48.4 Å². The van der Waals surface area contributed by atoms with Crippen LogP contribution < -0.4 is 5.32 Å². The molecule has 1 saturated carbocycles. The predicted octanol–water partition coefficient (Wildman–Crippen LogP) is 4.12. The van der Waals surface area contributed by atoms with E-state index < -0.39 is 0 Å². The van der Waals surface area contributed by atoms with Crippen molar-refractivity contribution in [2.24, 2.45) is 5.92 Å². The molecule has 20 heavy (non-hydrogen) atoms. The average Bonchev–Trinajstić information content (AvgIpc) is 2.85. The van der Waals surface area contributed by atoms with Gasteiger partial charge in [0.25, 0.3) is 0 Å². The second-order valence-corrected chi connectivity index (χ2v) is 6.06. The number of nitrogens with zero attached hydrogens (tertiary/aromatic N) is 1. The summed E-state index contributed by atoms with van der Waals surface area (Å²) in [6.45, 7) is 5.78. The minimum Gasteiger partial charge on any atom is -0.314 e. The van der Waals surface area contributed by atoms with E-state index in [0.717, 1.165) is 18.0 Å². The summed E-state index contributed by atoms with van der Waals surface area (Å²) in [6.07, 6.45) is 5.69. The number of hydrogen-bond donors (Lipinski definition) is 1. The van der Waals surface area contributed by atoms with E-state index in [1.807, 2.05) is 12.3 Å². The van der Waals surface area contributed by atoms with Crippen molar-refractivity contribution in [3.05, 3.63) is 42.1 Å². The molecule has 1 aliphatic rings. The van der Waals surface area contributed by atoms with Crippen LogP contribution in [0.3, 0.4) is 0 Å². The summed E-state index contributed by atoms with van der Waals surface area (Å²) in [7, 11) is 0. The Morgan fingerprint density at radius 1 is 1.25 bits per heavy atom. The number of nitrogens with one attached hydrogen (secondary N) is 1. The third-order valence-corrected chi connectivity index (χ3v) is 4.77. The molecular weight excluding hydrogens is 244 g/mol. The molecule has 0 aliphatic heterocycles. The van der Waals surface area contributed by atoms with Crippen LogP contribution in [0.25, 0.3) is 10.9 Å². The molecule has 1 aromatic heterocycles. The number of pyridine rings is 1. The Balaban J connectivity index is 1.81. The molecule has 3 rings (SSSR count). The van der Waals surface area contributed by atoms with Crippen molar-refractivity contribution in [2.45, 2.75) is 45.1 Å². The summed E-state index contributed by atoms with van der Waals surface area (Å²) in [5.41, 5.74) is 2.58. The summed E-state index contributed by atoms with van der Waals surface area (Å²) < 4.78 is 0. The maximum atomic E-state index is 4.41. The molecule has 3 unspecified atom stereocenters. The maximum Gasteiger partial charge on any atom is 0.0702 e. The van der Waals surface area contributed by atoms with Gasteiger partial charge in [0.05, 0.1) is 5.52 Å². The van der Waals surface area contributed by atoms with E-state index in [1.165, 1.54) is 30.2 Å². The summed E-state index contributed by atoms with van der Waals surface area (Å²) in [5.74, 6) is 1.41. The fraction of sp³-hybridized carbons (Fsp3) is 0.500. The summed E-state index contributed by atoms with van der Waals surface area (Å²) in [6, 6.07) is 11.7. The zero-order chi connectivity index (χ0) is 13.9. The van der Waals surface area contributed by atoms with Crippen LogP contribution in [0, 0.1) is 5.92 Å². The normalized spacial score (nSPS) is 26.2. The maximum absolute atomic E-state index is 4.41. The minimum absolute atomic E-state index is 0.685. The molecule has 2 aromatic rings. The Kier molecular flexibility index (Phi) is 4.02. The molecule has 0 saturated heterocycles. The lowest BCUT2D eigenvalue weighted by atomic mass is 9.88.